The molecule has 0 aliphatic carbocycles. The maximum absolute atomic E-state index is 15.5. The number of aromatic nitrogens is 3. The molecule has 0 atom stereocenters. The number of carbonyl (C=O) groups excluding carboxylic acids is 1. The van der Waals surface area contributed by atoms with E-state index in [9.17, 15) is 27.2 Å². The fourth-order valence-corrected chi connectivity index (χ4v) is 5.07. The maximum Gasteiger partial charge on any atom is 0.417 e. The number of pyridine rings is 1. The number of hydrogen-bond donors (Lipinski definition) is 2. The lowest BCUT2D eigenvalue weighted by Crippen LogP contribution is -2.40. The number of H-pyrrole nitrogens is 1. The van der Waals surface area contributed by atoms with Crippen LogP contribution in [0.15, 0.2) is 47.3 Å². The summed E-state index contributed by atoms with van der Waals surface area (Å²) in [5.74, 6) is -3.25. The minimum absolute atomic E-state index is 0.237. The van der Waals surface area contributed by atoms with Crippen LogP contribution < -0.4 is 15.8 Å². The van der Waals surface area contributed by atoms with Crippen molar-refractivity contribution in [3.63, 3.8) is 0 Å². The van der Waals surface area contributed by atoms with Crippen molar-refractivity contribution in [2.24, 2.45) is 5.92 Å². The van der Waals surface area contributed by atoms with E-state index in [0.29, 0.717) is 32.0 Å². The third kappa shape index (κ3) is 5.63. The number of nitrogens with zero attached hydrogens (tertiary/aromatic N) is 3. The molecule has 1 saturated heterocycles. The first-order valence-electron chi connectivity index (χ1n) is 13.0. The van der Waals surface area contributed by atoms with Crippen molar-refractivity contribution in [1.82, 2.24) is 20.3 Å². The number of anilines is 1. The van der Waals surface area contributed by atoms with Gasteiger partial charge in [0, 0.05) is 36.5 Å². The van der Waals surface area contributed by atoms with Crippen molar-refractivity contribution < 1.29 is 26.7 Å². The van der Waals surface area contributed by atoms with E-state index in [1.165, 1.54) is 0 Å². The highest BCUT2D eigenvalue weighted by Gasteiger charge is 2.37. The summed E-state index contributed by atoms with van der Waals surface area (Å²) >= 11 is 0. The van der Waals surface area contributed by atoms with Gasteiger partial charge in [0.05, 0.1) is 22.3 Å². The SMILES string of the molecule is Cc1nc(-c2c(C(F)(F)F)ccc(CNC(=O)C3CCN(c4ccc5cccc(C)c5n4)CC3)c2F)[nH]c(=O)c1F. The zero-order chi connectivity index (χ0) is 29.5. The van der Waals surface area contributed by atoms with Crippen LogP contribution in [0.4, 0.5) is 27.8 Å². The summed E-state index contributed by atoms with van der Waals surface area (Å²) in [4.78, 5) is 37.1. The molecule has 0 saturated carbocycles. The van der Waals surface area contributed by atoms with Crippen molar-refractivity contribution in [3.8, 4) is 11.4 Å². The predicted molar refractivity (Wildman–Crippen MR) is 143 cm³/mol. The molecule has 1 amide bonds. The van der Waals surface area contributed by atoms with Gasteiger partial charge in [0.1, 0.15) is 17.5 Å². The largest absolute Gasteiger partial charge is 0.417 e. The van der Waals surface area contributed by atoms with Gasteiger partial charge >= 0.3 is 6.18 Å². The van der Waals surface area contributed by atoms with Gasteiger partial charge in [-0.05, 0) is 50.5 Å². The van der Waals surface area contributed by atoms with E-state index in [4.69, 9.17) is 4.98 Å². The second kappa shape index (κ2) is 10.9. The normalized spacial score (nSPS) is 14.5. The van der Waals surface area contributed by atoms with E-state index >= 15 is 4.39 Å². The Kier molecular flexibility index (Phi) is 7.50. The van der Waals surface area contributed by atoms with Gasteiger partial charge < -0.3 is 15.2 Å². The van der Waals surface area contributed by atoms with Crippen LogP contribution in [0.2, 0.25) is 0 Å². The van der Waals surface area contributed by atoms with Gasteiger partial charge in [0.2, 0.25) is 11.7 Å². The molecule has 2 N–H and O–H groups in total. The van der Waals surface area contributed by atoms with Crippen LogP contribution in [0.3, 0.4) is 0 Å². The first-order valence-corrected chi connectivity index (χ1v) is 13.0. The van der Waals surface area contributed by atoms with Crippen LogP contribution in [0.1, 0.15) is 35.2 Å². The summed E-state index contributed by atoms with van der Waals surface area (Å²) in [7, 11) is 0. The summed E-state index contributed by atoms with van der Waals surface area (Å²) in [6.45, 7) is 3.85. The standard InChI is InChI=1S/C29H26F5N5O2/c1-15-4-3-5-17-7-9-21(37-25(15)17)39-12-10-18(11-13-39)27(40)35-14-19-6-8-20(29(32,33)34)22(24(19)31)26-36-16(2)23(30)28(41)38-26/h3-9,18H,10-14H2,1-2H3,(H,35,40)(H,36,38,41). The third-order valence-corrected chi connectivity index (χ3v) is 7.34. The van der Waals surface area contributed by atoms with Crippen molar-refractivity contribution in [2.75, 3.05) is 18.0 Å². The molecule has 0 spiro atoms. The van der Waals surface area contributed by atoms with Crippen LogP contribution in [-0.4, -0.2) is 33.9 Å². The Morgan fingerprint density at radius 3 is 2.44 bits per heavy atom. The van der Waals surface area contributed by atoms with Gasteiger partial charge in [0.15, 0.2) is 0 Å². The molecule has 4 aromatic rings. The fraction of sp³-hybridized carbons (Fsp3) is 0.310. The van der Waals surface area contributed by atoms with Gasteiger partial charge in [-0.3, -0.25) is 9.59 Å². The number of hydrogen-bond acceptors (Lipinski definition) is 5. The molecule has 0 bridgehead atoms. The quantitative estimate of drug-likeness (QED) is 0.312. The number of nitrogens with one attached hydrogen (secondary N) is 2. The molecule has 3 heterocycles. The molecule has 214 valence electrons. The summed E-state index contributed by atoms with van der Waals surface area (Å²) in [6, 6.07) is 11.5. The van der Waals surface area contributed by atoms with Crippen LogP contribution >= 0.6 is 0 Å². The molecule has 1 aliphatic rings. The molecule has 0 unspecified atom stereocenters. The van der Waals surface area contributed by atoms with Crippen LogP contribution in [-0.2, 0) is 17.5 Å². The molecule has 41 heavy (non-hydrogen) atoms. The van der Waals surface area contributed by atoms with Crippen molar-refractivity contribution >= 4 is 22.6 Å². The molecule has 1 aliphatic heterocycles. The first-order chi connectivity index (χ1) is 19.4. The monoisotopic (exact) mass is 571 g/mol. The molecule has 2 aromatic carbocycles. The lowest BCUT2D eigenvalue weighted by molar-refractivity contribution is -0.137. The van der Waals surface area contributed by atoms with E-state index < -0.39 is 46.0 Å². The van der Waals surface area contributed by atoms with E-state index in [2.05, 4.69) is 15.2 Å². The zero-order valence-electron chi connectivity index (χ0n) is 22.2. The Bertz CT molecular complexity index is 1690. The molecule has 1 fully saturated rings. The number of carbonyl (C=O) groups is 1. The lowest BCUT2D eigenvalue weighted by Gasteiger charge is -2.32. The average molecular weight is 572 g/mol. The molecule has 2 aromatic heterocycles. The number of fused-ring (bicyclic) bond motifs is 1. The van der Waals surface area contributed by atoms with Crippen molar-refractivity contribution in [3.05, 3.63) is 86.8 Å². The van der Waals surface area contributed by atoms with E-state index in [1.54, 1.807) is 0 Å². The second-order valence-electron chi connectivity index (χ2n) is 10.1. The highest BCUT2D eigenvalue weighted by atomic mass is 19.4. The number of alkyl halides is 3. The smallest absolute Gasteiger partial charge is 0.357 e. The summed E-state index contributed by atoms with van der Waals surface area (Å²) < 4.78 is 70.3. The van der Waals surface area contributed by atoms with Crippen molar-refractivity contribution in [2.45, 2.75) is 39.4 Å². The number of benzene rings is 2. The minimum atomic E-state index is -4.98. The Hall–Kier alpha value is -4.35. The van der Waals surface area contributed by atoms with Gasteiger partial charge in [0.25, 0.3) is 5.56 Å². The highest BCUT2D eigenvalue weighted by Crippen LogP contribution is 2.38. The Morgan fingerprint density at radius 1 is 1.02 bits per heavy atom. The fourth-order valence-electron chi connectivity index (χ4n) is 5.07. The molecule has 7 nitrogen and oxygen atoms in total. The highest BCUT2D eigenvalue weighted by molar-refractivity contribution is 5.83. The van der Waals surface area contributed by atoms with Gasteiger partial charge in [-0.1, -0.05) is 24.3 Å². The van der Waals surface area contributed by atoms with Crippen LogP contribution in [0.25, 0.3) is 22.3 Å². The van der Waals surface area contributed by atoms with E-state index in [0.717, 1.165) is 35.3 Å². The Morgan fingerprint density at radius 2 is 1.76 bits per heavy atom. The average Bonchev–Trinajstić information content (AvgIpc) is 2.94. The van der Waals surface area contributed by atoms with Crippen LogP contribution in [0, 0.1) is 31.4 Å². The molecular weight excluding hydrogens is 545 g/mol. The maximum atomic E-state index is 15.5. The summed E-state index contributed by atoms with van der Waals surface area (Å²) in [5.41, 5.74) is -2.46. The van der Waals surface area contributed by atoms with Gasteiger partial charge in [-0.2, -0.15) is 17.6 Å². The third-order valence-electron chi connectivity index (χ3n) is 7.34. The first kappa shape index (κ1) is 28.2. The number of aromatic amines is 1. The Balaban J connectivity index is 1.29. The number of amides is 1. The summed E-state index contributed by atoms with van der Waals surface area (Å²) in [5, 5.41) is 3.66. The number of piperidine rings is 1. The van der Waals surface area contributed by atoms with Crippen molar-refractivity contribution in [1.29, 1.82) is 0 Å². The number of aryl methyl sites for hydroxylation is 2. The van der Waals surface area contributed by atoms with E-state index in [-0.39, 0.29) is 23.9 Å². The van der Waals surface area contributed by atoms with Gasteiger partial charge in [-0.15, -0.1) is 0 Å². The topological polar surface area (TPSA) is 91.0 Å². The van der Waals surface area contributed by atoms with Crippen LogP contribution in [0.5, 0.6) is 0 Å². The molecule has 12 heteroatoms. The predicted octanol–water partition coefficient (Wildman–Crippen LogP) is 5.43. The molecule has 5 rings (SSSR count). The number of halogens is 5. The number of rotatable bonds is 5. The number of para-hydroxylation sites is 1. The summed E-state index contributed by atoms with van der Waals surface area (Å²) in [6.07, 6.45) is -3.95. The molecular formula is C29H26F5N5O2. The zero-order valence-corrected chi connectivity index (χ0v) is 22.2. The second-order valence-corrected chi connectivity index (χ2v) is 10.1. The Labute approximate surface area is 231 Å². The molecule has 0 radical (unpaired) electrons. The minimum Gasteiger partial charge on any atom is -0.357 e. The lowest BCUT2D eigenvalue weighted by atomic mass is 9.95. The van der Waals surface area contributed by atoms with Gasteiger partial charge in [-0.25, -0.2) is 14.4 Å². The van der Waals surface area contributed by atoms with E-state index in [1.807, 2.05) is 42.2 Å².